The summed E-state index contributed by atoms with van der Waals surface area (Å²) in [5, 5.41) is 12.2. The summed E-state index contributed by atoms with van der Waals surface area (Å²) in [6, 6.07) is 7.87. The van der Waals surface area contributed by atoms with Crippen molar-refractivity contribution in [2.75, 3.05) is 13.2 Å². The topological polar surface area (TPSA) is 58.6 Å². The normalized spacial score (nSPS) is 15.4. The van der Waals surface area contributed by atoms with Crippen molar-refractivity contribution in [1.82, 2.24) is 5.32 Å². The van der Waals surface area contributed by atoms with E-state index in [4.69, 9.17) is 4.74 Å². The average molecular weight is 279 g/mol. The van der Waals surface area contributed by atoms with E-state index in [2.05, 4.69) is 19.2 Å². The predicted molar refractivity (Wildman–Crippen MR) is 80.4 cm³/mol. The lowest BCUT2D eigenvalue weighted by atomic mass is 9.99. The van der Waals surface area contributed by atoms with Gasteiger partial charge in [-0.3, -0.25) is 10.1 Å². The summed E-state index contributed by atoms with van der Waals surface area (Å²) in [7, 11) is 0. The zero-order chi connectivity index (χ0) is 15.2. The van der Waals surface area contributed by atoms with E-state index < -0.39 is 11.5 Å². The van der Waals surface area contributed by atoms with Crippen LogP contribution in [0.15, 0.2) is 24.3 Å². The number of rotatable bonds is 8. The number of benzene rings is 1. The number of hydrogen-bond acceptors (Lipinski definition) is 3. The molecule has 2 N–H and O–H groups in total. The molecular weight excluding hydrogens is 254 g/mol. The van der Waals surface area contributed by atoms with Gasteiger partial charge in [0.15, 0.2) is 0 Å². The van der Waals surface area contributed by atoms with Gasteiger partial charge in [-0.1, -0.05) is 32.9 Å². The highest BCUT2D eigenvalue weighted by Gasteiger charge is 2.33. The molecule has 0 aliphatic carbocycles. The molecule has 0 aromatic heterocycles. The summed E-state index contributed by atoms with van der Waals surface area (Å²) in [5.74, 6) is 0.313. The Morgan fingerprint density at radius 2 is 1.95 bits per heavy atom. The number of carboxylic acids is 1. The van der Waals surface area contributed by atoms with Crippen LogP contribution in [0.25, 0.3) is 0 Å². The van der Waals surface area contributed by atoms with Crippen molar-refractivity contribution in [1.29, 1.82) is 0 Å². The van der Waals surface area contributed by atoms with Gasteiger partial charge in [-0.2, -0.15) is 0 Å². The van der Waals surface area contributed by atoms with Crippen LogP contribution in [0.2, 0.25) is 0 Å². The van der Waals surface area contributed by atoms with Crippen LogP contribution < -0.4 is 10.1 Å². The van der Waals surface area contributed by atoms with Gasteiger partial charge < -0.3 is 9.84 Å². The van der Waals surface area contributed by atoms with Crippen LogP contribution in [0.3, 0.4) is 0 Å². The van der Waals surface area contributed by atoms with Crippen molar-refractivity contribution >= 4 is 5.97 Å². The maximum atomic E-state index is 11.3. The van der Waals surface area contributed by atoms with Gasteiger partial charge in [-0.05, 0) is 43.5 Å². The maximum Gasteiger partial charge on any atom is 0.327 e. The number of hydrogen-bond donors (Lipinski definition) is 2. The number of likely N-dealkylation sites (N-methyl/N-ethyl adjacent to an activating group) is 1. The van der Waals surface area contributed by atoms with E-state index in [1.54, 1.807) is 6.92 Å². The Morgan fingerprint density at radius 3 is 2.40 bits per heavy atom. The van der Waals surface area contributed by atoms with E-state index in [1.165, 1.54) is 5.56 Å². The molecule has 2 unspecified atom stereocenters. The molecule has 4 heteroatoms. The summed E-state index contributed by atoms with van der Waals surface area (Å²) < 4.78 is 5.61. The Morgan fingerprint density at radius 1 is 1.35 bits per heavy atom. The van der Waals surface area contributed by atoms with E-state index >= 15 is 0 Å². The lowest BCUT2D eigenvalue weighted by molar-refractivity contribution is -0.145. The maximum absolute atomic E-state index is 11.3. The molecular formula is C16H25NO3. The third kappa shape index (κ3) is 4.23. The van der Waals surface area contributed by atoms with E-state index in [0.717, 1.165) is 6.42 Å². The van der Waals surface area contributed by atoms with Crippen molar-refractivity contribution in [3.63, 3.8) is 0 Å². The van der Waals surface area contributed by atoms with Gasteiger partial charge in [0.1, 0.15) is 17.9 Å². The first-order valence-corrected chi connectivity index (χ1v) is 7.14. The summed E-state index contributed by atoms with van der Waals surface area (Å²) in [6.07, 6.45) is 1.09. The number of ether oxygens (including phenoxy) is 1. The lowest BCUT2D eigenvalue weighted by Crippen LogP contribution is -2.53. The second kappa shape index (κ2) is 7.29. The van der Waals surface area contributed by atoms with Crippen molar-refractivity contribution in [2.45, 2.75) is 45.6 Å². The Bertz CT molecular complexity index is 430. The van der Waals surface area contributed by atoms with Gasteiger partial charge in [0, 0.05) is 0 Å². The Labute approximate surface area is 121 Å². The first-order chi connectivity index (χ1) is 9.42. The number of carbonyl (C=O) groups is 1. The minimum atomic E-state index is -1.07. The van der Waals surface area contributed by atoms with E-state index in [9.17, 15) is 9.90 Å². The molecule has 1 aromatic carbocycles. The highest BCUT2D eigenvalue weighted by molar-refractivity contribution is 5.78. The fourth-order valence-electron chi connectivity index (χ4n) is 1.93. The molecule has 0 fully saturated rings. The predicted octanol–water partition coefficient (Wildman–Crippen LogP) is 3.03. The van der Waals surface area contributed by atoms with E-state index in [0.29, 0.717) is 18.2 Å². The third-order valence-corrected chi connectivity index (χ3v) is 3.63. The first kappa shape index (κ1) is 16.5. The van der Waals surface area contributed by atoms with E-state index in [1.807, 2.05) is 31.2 Å². The van der Waals surface area contributed by atoms with Gasteiger partial charge in [-0.15, -0.1) is 0 Å². The molecule has 112 valence electrons. The molecule has 20 heavy (non-hydrogen) atoms. The lowest BCUT2D eigenvalue weighted by Gasteiger charge is -2.25. The fourth-order valence-corrected chi connectivity index (χ4v) is 1.93. The van der Waals surface area contributed by atoms with Gasteiger partial charge in [0.2, 0.25) is 0 Å². The molecule has 0 heterocycles. The van der Waals surface area contributed by atoms with Gasteiger partial charge in [0.25, 0.3) is 0 Å². The van der Waals surface area contributed by atoms with Crippen LogP contribution in [0, 0.1) is 0 Å². The molecule has 0 spiro atoms. The van der Waals surface area contributed by atoms with Crippen LogP contribution in [0.5, 0.6) is 5.75 Å². The zero-order valence-corrected chi connectivity index (χ0v) is 12.8. The smallest absolute Gasteiger partial charge is 0.327 e. The molecule has 0 amide bonds. The first-order valence-electron chi connectivity index (χ1n) is 7.14. The van der Waals surface area contributed by atoms with Crippen molar-refractivity contribution in [3.05, 3.63) is 29.8 Å². The van der Waals surface area contributed by atoms with Crippen LogP contribution in [0.1, 0.15) is 45.6 Å². The second-order valence-electron chi connectivity index (χ2n) is 5.33. The van der Waals surface area contributed by atoms with E-state index in [-0.39, 0.29) is 6.61 Å². The Balaban J connectivity index is 2.67. The molecule has 0 bridgehead atoms. The quantitative estimate of drug-likeness (QED) is 0.768. The molecule has 0 saturated heterocycles. The summed E-state index contributed by atoms with van der Waals surface area (Å²) in [6.45, 7) is 8.53. The van der Waals surface area contributed by atoms with Crippen LogP contribution in [-0.2, 0) is 4.79 Å². The fraction of sp³-hybridized carbons (Fsp3) is 0.562. The summed E-state index contributed by atoms with van der Waals surface area (Å²) in [5.41, 5.74) is 0.206. The largest absolute Gasteiger partial charge is 0.491 e. The zero-order valence-electron chi connectivity index (χ0n) is 12.8. The second-order valence-corrected chi connectivity index (χ2v) is 5.33. The van der Waals surface area contributed by atoms with Crippen molar-refractivity contribution < 1.29 is 14.6 Å². The van der Waals surface area contributed by atoms with Crippen LogP contribution in [0.4, 0.5) is 0 Å². The summed E-state index contributed by atoms with van der Waals surface area (Å²) in [4.78, 5) is 11.3. The monoisotopic (exact) mass is 279 g/mol. The molecule has 1 rings (SSSR count). The molecule has 0 aliphatic heterocycles. The van der Waals surface area contributed by atoms with Crippen LogP contribution >= 0.6 is 0 Å². The molecule has 0 radical (unpaired) electrons. The number of carboxylic acid groups (broad SMARTS) is 1. The average Bonchev–Trinajstić information content (AvgIpc) is 2.45. The number of aliphatic carboxylic acids is 1. The minimum absolute atomic E-state index is 0.0961. The highest BCUT2D eigenvalue weighted by Crippen LogP contribution is 2.22. The Kier molecular flexibility index (Phi) is 6.02. The molecule has 0 saturated carbocycles. The summed E-state index contributed by atoms with van der Waals surface area (Å²) >= 11 is 0. The molecule has 1 aromatic rings. The molecule has 0 aliphatic rings. The van der Waals surface area contributed by atoms with Gasteiger partial charge in [-0.25, -0.2) is 0 Å². The SMILES string of the molecule is CCNC(C)(COc1ccc(C(C)CC)cc1)C(=O)O. The van der Waals surface area contributed by atoms with Crippen molar-refractivity contribution in [2.24, 2.45) is 0 Å². The van der Waals surface area contributed by atoms with Crippen LogP contribution in [-0.4, -0.2) is 29.8 Å². The van der Waals surface area contributed by atoms with Gasteiger partial charge in [0.05, 0.1) is 0 Å². The third-order valence-electron chi connectivity index (χ3n) is 3.63. The van der Waals surface area contributed by atoms with Crippen molar-refractivity contribution in [3.8, 4) is 5.75 Å². The molecule has 2 atom stereocenters. The Hall–Kier alpha value is -1.55. The number of nitrogens with one attached hydrogen (secondary N) is 1. The van der Waals surface area contributed by atoms with Gasteiger partial charge >= 0.3 is 5.97 Å². The standard InChI is InChI=1S/C16H25NO3/c1-5-12(3)13-7-9-14(10-8-13)20-11-16(4,15(18)19)17-6-2/h7-10,12,17H,5-6,11H2,1-4H3,(H,18,19). The highest BCUT2D eigenvalue weighted by atomic mass is 16.5. The molecule has 4 nitrogen and oxygen atoms in total. The minimum Gasteiger partial charge on any atom is -0.491 e.